The summed E-state index contributed by atoms with van der Waals surface area (Å²) in [6.07, 6.45) is 2.76. The predicted octanol–water partition coefficient (Wildman–Crippen LogP) is 0.687. The van der Waals surface area contributed by atoms with Gasteiger partial charge in [0.05, 0.1) is 12.2 Å². The van der Waals surface area contributed by atoms with Gasteiger partial charge < -0.3 is 15.1 Å². The van der Waals surface area contributed by atoms with Crippen molar-refractivity contribution >= 4 is 5.91 Å². The van der Waals surface area contributed by atoms with Crippen LogP contribution in [0.15, 0.2) is 11.6 Å². The SMILES string of the molecule is CC(C)=CC(=O)N1CCC2(CC1)[C@H](O)C[C@@H]2O. The number of carbonyl (C=O) groups excluding carboxylic acids is 1. The van der Waals surface area contributed by atoms with Crippen LogP contribution in [0.25, 0.3) is 0 Å². The number of aliphatic hydroxyl groups is 2. The van der Waals surface area contributed by atoms with E-state index in [4.69, 9.17) is 0 Å². The Morgan fingerprint density at radius 2 is 1.76 bits per heavy atom. The van der Waals surface area contributed by atoms with Gasteiger partial charge in [-0.3, -0.25) is 4.79 Å². The normalized spacial score (nSPS) is 30.9. The van der Waals surface area contributed by atoms with E-state index in [2.05, 4.69) is 0 Å². The monoisotopic (exact) mass is 239 g/mol. The molecule has 1 saturated carbocycles. The Hall–Kier alpha value is -0.870. The second-order valence-electron chi connectivity index (χ2n) is 5.55. The number of allylic oxidation sites excluding steroid dienone is 1. The maximum Gasteiger partial charge on any atom is 0.246 e. The minimum Gasteiger partial charge on any atom is -0.392 e. The molecule has 4 nitrogen and oxygen atoms in total. The highest BCUT2D eigenvalue weighted by atomic mass is 16.3. The molecule has 2 rings (SSSR count). The molecule has 4 heteroatoms. The first-order valence-corrected chi connectivity index (χ1v) is 6.25. The third kappa shape index (κ3) is 2.11. The summed E-state index contributed by atoms with van der Waals surface area (Å²) in [5.41, 5.74) is 0.667. The van der Waals surface area contributed by atoms with Gasteiger partial charge >= 0.3 is 0 Å². The number of carbonyl (C=O) groups is 1. The summed E-state index contributed by atoms with van der Waals surface area (Å²) in [7, 11) is 0. The predicted molar refractivity (Wildman–Crippen MR) is 64.3 cm³/mol. The standard InChI is InChI=1S/C13H21NO3/c1-9(2)7-12(17)14-5-3-13(4-6-14)10(15)8-11(13)16/h7,10-11,15-16H,3-6,8H2,1-2H3/t10-,11+. The highest BCUT2D eigenvalue weighted by molar-refractivity contribution is 5.88. The Morgan fingerprint density at radius 3 is 2.18 bits per heavy atom. The third-order valence-electron chi connectivity index (χ3n) is 4.19. The molecular weight excluding hydrogens is 218 g/mol. The Balaban J connectivity index is 1.95. The van der Waals surface area contributed by atoms with Gasteiger partial charge in [0.25, 0.3) is 0 Å². The lowest BCUT2D eigenvalue weighted by atomic mass is 9.58. The van der Waals surface area contributed by atoms with Gasteiger partial charge in [0.15, 0.2) is 0 Å². The van der Waals surface area contributed by atoms with Crippen molar-refractivity contribution in [3.05, 3.63) is 11.6 Å². The molecule has 17 heavy (non-hydrogen) atoms. The van der Waals surface area contributed by atoms with Crippen molar-refractivity contribution in [2.75, 3.05) is 13.1 Å². The summed E-state index contributed by atoms with van der Waals surface area (Å²) in [6, 6.07) is 0. The van der Waals surface area contributed by atoms with Crippen molar-refractivity contribution in [2.24, 2.45) is 5.41 Å². The van der Waals surface area contributed by atoms with Crippen LogP contribution in [-0.4, -0.2) is 46.3 Å². The minimum absolute atomic E-state index is 0.0446. The molecule has 0 bridgehead atoms. The number of likely N-dealkylation sites (tertiary alicyclic amines) is 1. The summed E-state index contributed by atoms with van der Waals surface area (Å²) in [5, 5.41) is 19.6. The summed E-state index contributed by atoms with van der Waals surface area (Å²) in [5.74, 6) is 0.0446. The van der Waals surface area contributed by atoms with E-state index in [0.717, 1.165) is 5.57 Å². The van der Waals surface area contributed by atoms with Crippen LogP contribution in [0.1, 0.15) is 33.1 Å². The van der Waals surface area contributed by atoms with Crippen molar-refractivity contribution in [2.45, 2.75) is 45.3 Å². The molecule has 1 amide bonds. The fourth-order valence-corrected chi connectivity index (χ4v) is 2.89. The molecule has 1 heterocycles. The fourth-order valence-electron chi connectivity index (χ4n) is 2.89. The molecule has 1 aliphatic carbocycles. The van der Waals surface area contributed by atoms with Crippen molar-refractivity contribution < 1.29 is 15.0 Å². The largest absolute Gasteiger partial charge is 0.392 e. The molecule has 2 fully saturated rings. The highest BCUT2D eigenvalue weighted by Crippen LogP contribution is 2.49. The minimum atomic E-state index is -0.391. The summed E-state index contributed by atoms with van der Waals surface area (Å²) in [6.45, 7) is 5.08. The first-order valence-electron chi connectivity index (χ1n) is 6.25. The molecule has 2 atom stereocenters. The van der Waals surface area contributed by atoms with E-state index >= 15 is 0 Å². The lowest BCUT2D eigenvalue weighted by molar-refractivity contribution is -0.190. The lowest BCUT2D eigenvalue weighted by Gasteiger charge is -2.54. The van der Waals surface area contributed by atoms with Gasteiger partial charge in [-0.05, 0) is 26.7 Å². The van der Waals surface area contributed by atoms with E-state index < -0.39 is 12.2 Å². The Morgan fingerprint density at radius 1 is 1.24 bits per heavy atom. The smallest absolute Gasteiger partial charge is 0.246 e. The van der Waals surface area contributed by atoms with Crippen LogP contribution in [0.3, 0.4) is 0 Å². The quantitative estimate of drug-likeness (QED) is 0.662. The van der Waals surface area contributed by atoms with Crippen LogP contribution in [0.2, 0.25) is 0 Å². The van der Waals surface area contributed by atoms with Crippen LogP contribution < -0.4 is 0 Å². The Bertz CT molecular complexity index is 329. The number of rotatable bonds is 1. The molecule has 1 aliphatic heterocycles. The zero-order valence-corrected chi connectivity index (χ0v) is 10.5. The Kier molecular flexibility index (Phi) is 3.27. The van der Waals surface area contributed by atoms with E-state index in [1.807, 2.05) is 13.8 Å². The highest BCUT2D eigenvalue weighted by Gasteiger charge is 2.54. The van der Waals surface area contributed by atoms with Gasteiger partial charge in [-0.15, -0.1) is 0 Å². The number of aliphatic hydroxyl groups excluding tert-OH is 2. The molecule has 0 radical (unpaired) electrons. The molecular formula is C13H21NO3. The summed E-state index contributed by atoms with van der Waals surface area (Å²) >= 11 is 0. The topological polar surface area (TPSA) is 60.8 Å². The van der Waals surface area contributed by atoms with Gasteiger partial charge in [0.1, 0.15) is 0 Å². The van der Waals surface area contributed by atoms with E-state index in [-0.39, 0.29) is 11.3 Å². The van der Waals surface area contributed by atoms with Gasteiger partial charge in [-0.1, -0.05) is 5.57 Å². The Labute approximate surface area is 102 Å². The molecule has 0 aromatic rings. The maximum atomic E-state index is 11.8. The fraction of sp³-hybridized carbons (Fsp3) is 0.769. The molecule has 1 spiro atoms. The first kappa shape index (κ1) is 12.6. The number of nitrogens with zero attached hydrogens (tertiary/aromatic N) is 1. The van der Waals surface area contributed by atoms with Crippen molar-refractivity contribution in [1.29, 1.82) is 0 Å². The van der Waals surface area contributed by atoms with Crippen molar-refractivity contribution in [3.63, 3.8) is 0 Å². The number of amides is 1. The zero-order valence-electron chi connectivity index (χ0n) is 10.5. The van der Waals surface area contributed by atoms with Gasteiger partial charge in [-0.25, -0.2) is 0 Å². The average molecular weight is 239 g/mol. The zero-order chi connectivity index (χ0) is 12.6. The molecule has 0 aromatic heterocycles. The second-order valence-corrected chi connectivity index (χ2v) is 5.55. The van der Waals surface area contributed by atoms with Crippen LogP contribution in [0, 0.1) is 5.41 Å². The van der Waals surface area contributed by atoms with E-state index in [1.54, 1.807) is 11.0 Å². The van der Waals surface area contributed by atoms with Crippen LogP contribution in [0.4, 0.5) is 0 Å². The molecule has 2 N–H and O–H groups in total. The van der Waals surface area contributed by atoms with Crippen molar-refractivity contribution in [3.8, 4) is 0 Å². The molecule has 1 saturated heterocycles. The molecule has 2 aliphatic rings. The van der Waals surface area contributed by atoms with E-state index in [9.17, 15) is 15.0 Å². The number of hydrogen-bond donors (Lipinski definition) is 2. The van der Waals surface area contributed by atoms with Crippen LogP contribution in [0.5, 0.6) is 0 Å². The first-order chi connectivity index (χ1) is 7.95. The van der Waals surface area contributed by atoms with E-state index in [1.165, 1.54) is 0 Å². The maximum absolute atomic E-state index is 11.8. The van der Waals surface area contributed by atoms with Crippen LogP contribution >= 0.6 is 0 Å². The molecule has 96 valence electrons. The molecule has 0 unspecified atom stereocenters. The lowest BCUT2D eigenvalue weighted by Crippen LogP contribution is -2.61. The average Bonchev–Trinajstić information content (AvgIpc) is 2.28. The van der Waals surface area contributed by atoms with Gasteiger partial charge in [0, 0.05) is 31.0 Å². The third-order valence-corrected chi connectivity index (χ3v) is 4.19. The van der Waals surface area contributed by atoms with Gasteiger partial charge in [0.2, 0.25) is 5.91 Å². The second kappa shape index (κ2) is 4.42. The number of hydrogen-bond acceptors (Lipinski definition) is 3. The van der Waals surface area contributed by atoms with Crippen molar-refractivity contribution in [1.82, 2.24) is 4.90 Å². The van der Waals surface area contributed by atoms with E-state index in [0.29, 0.717) is 32.4 Å². The van der Waals surface area contributed by atoms with Gasteiger partial charge in [-0.2, -0.15) is 0 Å². The number of piperidine rings is 1. The molecule has 0 aromatic carbocycles. The summed E-state index contributed by atoms with van der Waals surface area (Å²) < 4.78 is 0. The summed E-state index contributed by atoms with van der Waals surface area (Å²) in [4.78, 5) is 13.6. The van der Waals surface area contributed by atoms with Crippen LogP contribution in [-0.2, 0) is 4.79 Å².